The van der Waals surface area contributed by atoms with Crippen LogP contribution in [0.15, 0.2) is 23.1 Å². The number of amides is 1. The number of hydrogen-bond acceptors (Lipinski definition) is 2. The highest BCUT2D eigenvalue weighted by molar-refractivity contribution is 9.11. The van der Waals surface area contributed by atoms with Gasteiger partial charge in [-0.1, -0.05) is 33.8 Å². The first-order valence-electron chi connectivity index (χ1n) is 4.94. The Bertz CT molecular complexity index is 438. The molecule has 2 nitrogen and oxygen atoms in total. The third-order valence-electron chi connectivity index (χ3n) is 2.38. The summed E-state index contributed by atoms with van der Waals surface area (Å²) in [6.45, 7) is 3.84. The monoisotopic (exact) mass is 303 g/mol. The fourth-order valence-corrected chi connectivity index (χ4v) is 3.39. The molecule has 1 amide bonds. The molecule has 0 saturated carbocycles. The predicted molar refractivity (Wildman–Crippen MR) is 67.6 cm³/mol. The first-order valence-corrected chi connectivity index (χ1v) is 6.74. The Hall–Kier alpha value is -0.550. The Kier molecular flexibility index (Phi) is 3.26. The quantitative estimate of drug-likeness (QED) is 0.741. The number of benzene rings is 1. The lowest BCUT2D eigenvalue weighted by Gasteiger charge is -2.34. The normalized spacial score (nSPS) is 20.2. The summed E-state index contributed by atoms with van der Waals surface area (Å²) in [5.74, 6) is -0.303. The van der Waals surface area contributed by atoms with E-state index >= 15 is 0 Å². The maximum Gasteiger partial charge on any atom is 0.251 e. The molecule has 16 heavy (non-hydrogen) atoms. The molecule has 86 valence electrons. The number of alkyl halides is 1. The lowest BCUT2D eigenvalue weighted by Crippen LogP contribution is -2.43. The highest BCUT2D eigenvalue weighted by atomic mass is 79.9. The zero-order valence-electron chi connectivity index (χ0n) is 8.91. The number of carbonyl (C=O) groups excluding carboxylic acids is 1. The van der Waals surface area contributed by atoms with Crippen molar-refractivity contribution in [1.29, 1.82) is 0 Å². The summed E-state index contributed by atoms with van der Waals surface area (Å²) in [6.07, 6.45) is 0. The fraction of sp³-hybridized carbons (Fsp3) is 0.364. The summed E-state index contributed by atoms with van der Waals surface area (Å²) in [6, 6.07) is 4.85. The van der Waals surface area contributed by atoms with Crippen LogP contribution in [0.1, 0.15) is 13.8 Å². The number of hydrogen-bond donors (Lipinski definition) is 0. The van der Waals surface area contributed by atoms with Crippen LogP contribution in [0, 0.1) is 5.82 Å². The number of thioether (sulfide) groups is 1. The Morgan fingerprint density at radius 2 is 2.19 bits per heavy atom. The molecule has 0 bridgehead atoms. The van der Waals surface area contributed by atoms with Crippen molar-refractivity contribution >= 4 is 39.3 Å². The zero-order valence-corrected chi connectivity index (χ0v) is 11.3. The highest BCUT2D eigenvalue weighted by Crippen LogP contribution is 2.43. The van der Waals surface area contributed by atoms with E-state index in [4.69, 9.17) is 0 Å². The van der Waals surface area contributed by atoms with E-state index in [2.05, 4.69) is 15.9 Å². The molecule has 1 heterocycles. The molecule has 1 aliphatic heterocycles. The van der Waals surface area contributed by atoms with Gasteiger partial charge in [-0.05, 0) is 26.0 Å². The van der Waals surface area contributed by atoms with Gasteiger partial charge >= 0.3 is 0 Å². The fourth-order valence-electron chi connectivity index (χ4n) is 1.72. The molecule has 1 aromatic rings. The summed E-state index contributed by atoms with van der Waals surface area (Å²) >= 11 is 4.49. The van der Waals surface area contributed by atoms with E-state index in [0.29, 0.717) is 10.6 Å². The van der Waals surface area contributed by atoms with Gasteiger partial charge in [0, 0.05) is 6.04 Å². The molecule has 5 heteroatoms. The molecule has 2 rings (SSSR count). The minimum atomic E-state index is -0.403. The van der Waals surface area contributed by atoms with Gasteiger partial charge in [0.2, 0.25) is 0 Å². The Morgan fingerprint density at radius 1 is 1.50 bits per heavy atom. The number of nitrogens with zero attached hydrogens (tertiary/aromatic N) is 1. The van der Waals surface area contributed by atoms with Crippen LogP contribution in [0.25, 0.3) is 0 Å². The number of halogens is 2. The maximum absolute atomic E-state index is 13.6. The van der Waals surface area contributed by atoms with Gasteiger partial charge in [-0.3, -0.25) is 4.79 Å². The minimum Gasteiger partial charge on any atom is -0.307 e. The molecular formula is C11H11BrFNOS. The summed E-state index contributed by atoms with van der Waals surface area (Å²) < 4.78 is 13.2. The molecule has 1 aliphatic rings. The Balaban J connectivity index is 2.56. The topological polar surface area (TPSA) is 20.3 Å². The predicted octanol–water partition coefficient (Wildman–Crippen LogP) is 3.39. The molecular weight excluding hydrogens is 293 g/mol. The Labute approximate surface area is 106 Å². The first-order chi connectivity index (χ1) is 7.52. The lowest BCUT2D eigenvalue weighted by molar-refractivity contribution is -0.117. The van der Waals surface area contributed by atoms with Crippen molar-refractivity contribution in [1.82, 2.24) is 0 Å². The molecule has 0 radical (unpaired) electrons. The van der Waals surface area contributed by atoms with Crippen molar-refractivity contribution in [2.75, 3.05) is 4.90 Å². The van der Waals surface area contributed by atoms with Crippen molar-refractivity contribution in [3.63, 3.8) is 0 Å². The Morgan fingerprint density at radius 3 is 2.81 bits per heavy atom. The van der Waals surface area contributed by atoms with Crippen LogP contribution in [0.2, 0.25) is 0 Å². The summed E-state index contributed by atoms with van der Waals surface area (Å²) in [7, 11) is 0. The van der Waals surface area contributed by atoms with Crippen LogP contribution in [-0.4, -0.2) is 16.1 Å². The molecule has 0 N–H and O–H groups in total. The third-order valence-corrected chi connectivity index (χ3v) is 4.38. The highest BCUT2D eigenvalue weighted by Gasteiger charge is 2.34. The van der Waals surface area contributed by atoms with Crippen molar-refractivity contribution in [2.24, 2.45) is 0 Å². The maximum atomic E-state index is 13.6. The largest absolute Gasteiger partial charge is 0.307 e. The molecule has 0 aliphatic carbocycles. The van der Waals surface area contributed by atoms with E-state index in [9.17, 15) is 9.18 Å². The van der Waals surface area contributed by atoms with E-state index in [1.165, 1.54) is 17.8 Å². The summed E-state index contributed by atoms with van der Waals surface area (Å²) in [4.78, 5) is 14.1. The van der Waals surface area contributed by atoms with Gasteiger partial charge in [0.05, 0.1) is 10.6 Å². The van der Waals surface area contributed by atoms with Gasteiger partial charge in [-0.2, -0.15) is 0 Å². The number of fused-ring (bicyclic) bond motifs is 1. The zero-order chi connectivity index (χ0) is 11.9. The van der Waals surface area contributed by atoms with Gasteiger partial charge in [0.1, 0.15) is 9.98 Å². The third kappa shape index (κ3) is 1.86. The average molecular weight is 304 g/mol. The van der Waals surface area contributed by atoms with Crippen molar-refractivity contribution in [3.8, 4) is 0 Å². The van der Waals surface area contributed by atoms with E-state index in [0.717, 1.165) is 0 Å². The molecule has 0 spiro atoms. The van der Waals surface area contributed by atoms with Crippen LogP contribution < -0.4 is 4.90 Å². The number of anilines is 1. The van der Waals surface area contributed by atoms with E-state index in [1.54, 1.807) is 17.0 Å². The summed E-state index contributed by atoms with van der Waals surface area (Å²) in [5.41, 5.74) is 0.667. The van der Waals surface area contributed by atoms with Crippen LogP contribution in [0.3, 0.4) is 0 Å². The second-order valence-corrected chi connectivity index (χ2v) is 6.46. The standard InChI is InChI=1S/C11H11BrFNOS/c1-6(2)14-8-5-3-4-7(13)9(8)16-10(12)11(14)15/h3-6,10H,1-2H3. The number of carbonyl (C=O) groups is 1. The van der Waals surface area contributed by atoms with Crippen LogP contribution in [-0.2, 0) is 4.79 Å². The molecule has 0 saturated heterocycles. The second kappa shape index (κ2) is 4.37. The van der Waals surface area contributed by atoms with Crippen LogP contribution in [0.4, 0.5) is 10.1 Å². The van der Waals surface area contributed by atoms with Gasteiger partial charge in [0.25, 0.3) is 5.91 Å². The summed E-state index contributed by atoms with van der Waals surface area (Å²) in [5, 5.41) is 0. The van der Waals surface area contributed by atoms with Gasteiger partial charge in [0.15, 0.2) is 0 Å². The van der Waals surface area contributed by atoms with E-state index in [-0.39, 0.29) is 17.8 Å². The lowest BCUT2D eigenvalue weighted by atomic mass is 10.2. The van der Waals surface area contributed by atoms with Crippen molar-refractivity contribution in [3.05, 3.63) is 24.0 Å². The van der Waals surface area contributed by atoms with Crippen molar-refractivity contribution < 1.29 is 9.18 Å². The number of rotatable bonds is 1. The van der Waals surface area contributed by atoms with Crippen molar-refractivity contribution in [2.45, 2.75) is 28.9 Å². The van der Waals surface area contributed by atoms with Gasteiger partial charge < -0.3 is 4.90 Å². The van der Waals surface area contributed by atoms with E-state index in [1.807, 2.05) is 13.8 Å². The smallest absolute Gasteiger partial charge is 0.251 e. The van der Waals surface area contributed by atoms with Gasteiger partial charge in [-0.15, -0.1) is 0 Å². The molecule has 1 unspecified atom stereocenters. The first kappa shape index (κ1) is 11.9. The molecule has 0 aromatic heterocycles. The average Bonchev–Trinajstić information content (AvgIpc) is 2.21. The minimum absolute atomic E-state index is 0.0222. The molecule has 1 aromatic carbocycles. The molecule has 0 fully saturated rings. The van der Waals surface area contributed by atoms with Gasteiger partial charge in [-0.25, -0.2) is 4.39 Å². The second-order valence-electron chi connectivity index (χ2n) is 3.82. The SMILES string of the molecule is CC(C)N1C(=O)C(Br)Sc2c(F)cccc21. The van der Waals surface area contributed by atoms with Crippen LogP contribution >= 0.6 is 27.7 Å². The van der Waals surface area contributed by atoms with E-state index < -0.39 is 4.16 Å². The molecule has 1 atom stereocenters. The van der Waals surface area contributed by atoms with Crippen LogP contribution in [0.5, 0.6) is 0 Å².